The maximum absolute atomic E-state index is 13.1. The summed E-state index contributed by atoms with van der Waals surface area (Å²) in [6, 6.07) is 10.0. The van der Waals surface area contributed by atoms with Crippen LogP contribution in [0.4, 0.5) is 29.3 Å². The number of rotatable bonds is 7. The van der Waals surface area contributed by atoms with E-state index in [9.17, 15) is 18.0 Å². The number of nitrogens with zero attached hydrogens (tertiary/aromatic N) is 2. The van der Waals surface area contributed by atoms with Crippen molar-refractivity contribution in [1.29, 1.82) is 0 Å². The maximum atomic E-state index is 13.1. The Labute approximate surface area is 221 Å². The second-order valence-corrected chi connectivity index (χ2v) is 9.08. The number of urea groups is 1. The van der Waals surface area contributed by atoms with Crippen LogP contribution in [0, 0.1) is 6.92 Å². The third-order valence-electron chi connectivity index (χ3n) is 5.88. The van der Waals surface area contributed by atoms with Gasteiger partial charge in [-0.15, -0.1) is 0 Å². The minimum absolute atomic E-state index is 0.0439. The fourth-order valence-corrected chi connectivity index (χ4v) is 3.87. The summed E-state index contributed by atoms with van der Waals surface area (Å²) < 4.78 is 45.4. The molecule has 1 atom stereocenters. The number of ether oxygens (including phenoxy) is 1. The van der Waals surface area contributed by atoms with Gasteiger partial charge in [0.2, 0.25) is 5.90 Å². The zero-order valence-corrected chi connectivity index (χ0v) is 22.0. The number of hydrogen-bond acceptors (Lipinski definition) is 5. The molecule has 0 aliphatic carbocycles. The summed E-state index contributed by atoms with van der Waals surface area (Å²) in [6.07, 6.45) is 1.87. The van der Waals surface area contributed by atoms with E-state index in [0.29, 0.717) is 23.4 Å². The quantitative estimate of drug-likeness (QED) is 0.281. The first-order chi connectivity index (χ1) is 18.0. The molecule has 0 spiro atoms. The Morgan fingerprint density at radius 3 is 2.53 bits per heavy atom. The van der Waals surface area contributed by atoms with E-state index in [4.69, 9.17) is 4.74 Å². The van der Waals surface area contributed by atoms with E-state index in [-0.39, 0.29) is 11.3 Å². The Bertz CT molecular complexity index is 1190. The van der Waals surface area contributed by atoms with Crippen LogP contribution in [0.2, 0.25) is 0 Å². The molecule has 1 heterocycles. The normalized spacial score (nSPS) is 17.0. The van der Waals surface area contributed by atoms with Gasteiger partial charge in [0.1, 0.15) is 5.75 Å². The van der Waals surface area contributed by atoms with Crippen molar-refractivity contribution >= 4 is 23.3 Å². The van der Waals surface area contributed by atoms with E-state index in [1.807, 2.05) is 26.0 Å². The predicted molar refractivity (Wildman–Crippen MR) is 146 cm³/mol. The number of carbonyl (C=O) groups excluding carboxylic acids is 1. The van der Waals surface area contributed by atoms with E-state index >= 15 is 0 Å². The smallest absolute Gasteiger partial charge is 0.416 e. The summed E-state index contributed by atoms with van der Waals surface area (Å²) in [6.45, 7) is 10.3. The summed E-state index contributed by atoms with van der Waals surface area (Å²) in [5, 5.41) is 8.47. The highest BCUT2D eigenvalue weighted by atomic mass is 19.4. The van der Waals surface area contributed by atoms with Gasteiger partial charge in [-0.3, -0.25) is 0 Å². The number of anilines is 2. The number of carbonyl (C=O) groups is 1. The minimum atomic E-state index is -4.50. The standard InChI is InChI=1S/C28H34F3N5O2/c1-5-6-13-33-26(16-21(4)36-15-14-32-20(3)18-36)38-24-11-9-22(10-12-24)34-27(37)35-23-8-7-19(2)25(17-23)28(29,30)31/h6-13,16-17,20,32H,5,14-15,18H2,1-4H3,(H2,34,35,37)/b13-6+,21-16+,33-26-/t20-/m1/s1. The molecule has 38 heavy (non-hydrogen) atoms. The van der Waals surface area contributed by atoms with Crippen molar-refractivity contribution < 1.29 is 22.7 Å². The number of allylic oxidation sites excluding steroid dienone is 2. The van der Waals surface area contributed by atoms with Crippen LogP contribution in [0.1, 0.15) is 38.3 Å². The molecule has 1 fully saturated rings. The van der Waals surface area contributed by atoms with Crippen molar-refractivity contribution in [2.45, 2.75) is 46.3 Å². The average Bonchev–Trinajstić information content (AvgIpc) is 2.85. The van der Waals surface area contributed by atoms with Gasteiger partial charge in [0, 0.05) is 55.0 Å². The molecule has 7 nitrogen and oxygen atoms in total. The van der Waals surface area contributed by atoms with Gasteiger partial charge in [-0.2, -0.15) is 13.2 Å². The molecular formula is C28H34F3N5O2. The molecular weight excluding hydrogens is 495 g/mol. The Morgan fingerprint density at radius 1 is 1.18 bits per heavy atom. The molecule has 3 N–H and O–H groups in total. The number of aryl methyl sites for hydroxylation is 1. The zero-order valence-electron chi connectivity index (χ0n) is 22.0. The first kappa shape index (κ1) is 28.8. The second kappa shape index (κ2) is 13.1. The van der Waals surface area contributed by atoms with Gasteiger partial charge in [-0.1, -0.05) is 19.1 Å². The molecule has 0 unspecified atom stereocenters. The number of benzene rings is 2. The Hall–Kier alpha value is -3.79. The molecule has 0 bridgehead atoms. The van der Waals surface area contributed by atoms with Gasteiger partial charge in [-0.05, 0) is 69.2 Å². The Morgan fingerprint density at radius 2 is 1.87 bits per heavy atom. The van der Waals surface area contributed by atoms with Gasteiger partial charge < -0.3 is 25.6 Å². The fraction of sp³-hybridized carbons (Fsp3) is 0.357. The lowest BCUT2D eigenvalue weighted by atomic mass is 10.1. The van der Waals surface area contributed by atoms with E-state index in [2.05, 4.69) is 32.8 Å². The lowest BCUT2D eigenvalue weighted by Gasteiger charge is -2.34. The number of nitrogens with one attached hydrogen (secondary N) is 3. The van der Waals surface area contributed by atoms with Gasteiger partial charge in [-0.25, -0.2) is 9.79 Å². The molecule has 0 radical (unpaired) electrons. The maximum Gasteiger partial charge on any atom is 0.416 e. The van der Waals surface area contributed by atoms with Crippen LogP contribution in [-0.2, 0) is 6.18 Å². The summed E-state index contributed by atoms with van der Waals surface area (Å²) >= 11 is 0. The summed E-state index contributed by atoms with van der Waals surface area (Å²) in [7, 11) is 0. The number of hydrogen-bond donors (Lipinski definition) is 3. The molecule has 2 amide bonds. The molecule has 204 valence electrons. The number of amides is 2. The van der Waals surface area contributed by atoms with Crippen molar-refractivity contribution in [2.24, 2.45) is 4.99 Å². The van der Waals surface area contributed by atoms with Crippen LogP contribution in [0.3, 0.4) is 0 Å². The molecule has 1 aliphatic rings. The van der Waals surface area contributed by atoms with Crippen molar-refractivity contribution in [1.82, 2.24) is 10.2 Å². The van der Waals surface area contributed by atoms with Crippen molar-refractivity contribution in [3.8, 4) is 5.75 Å². The number of alkyl halides is 3. The Kier molecular flexibility index (Phi) is 9.95. The van der Waals surface area contributed by atoms with Crippen LogP contribution in [0.5, 0.6) is 5.75 Å². The summed E-state index contributed by atoms with van der Waals surface area (Å²) in [4.78, 5) is 19.1. The molecule has 0 saturated carbocycles. The fourth-order valence-electron chi connectivity index (χ4n) is 3.87. The molecule has 0 aromatic heterocycles. The van der Waals surface area contributed by atoms with Gasteiger partial charge in [0.15, 0.2) is 0 Å². The predicted octanol–water partition coefficient (Wildman–Crippen LogP) is 6.56. The van der Waals surface area contributed by atoms with E-state index < -0.39 is 17.8 Å². The van der Waals surface area contributed by atoms with Crippen LogP contribution >= 0.6 is 0 Å². The second-order valence-electron chi connectivity index (χ2n) is 9.08. The highest BCUT2D eigenvalue weighted by molar-refractivity contribution is 6.00. The summed E-state index contributed by atoms with van der Waals surface area (Å²) in [5.74, 6) is 0.947. The van der Waals surface area contributed by atoms with Crippen LogP contribution in [-0.4, -0.2) is 42.5 Å². The first-order valence-electron chi connectivity index (χ1n) is 12.5. The molecule has 2 aromatic carbocycles. The van der Waals surface area contributed by atoms with E-state index in [0.717, 1.165) is 37.8 Å². The highest BCUT2D eigenvalue weighted by Crippen LogP contribution is 2.33. The van der Waals surface area contributed by atoms with Gasteiger partial charge >= 0.3 is 12.2 Å². The first-order valence-corrected chi connectivity index (χ1v) is 12.5. The number of halogens is 3. The third-order valence-corrected chi connectivity index (χ3v) is 5.88. The topological polar surface area (TPSA) is 78.0 Å². The number of aliphatic imine (C=N–C) groups is 1. The lowest BCUT2D eigenvalue weighted by molar-refractivity contribution is -0.138. The average molecular weight is 530 g/mol. The largest absolute Gasteiger partial charge is 0.439 e. The van der Waals surface area contributed by atoms with Crippen molar-refractivity contribution in [2.75, 3.05) is 30.3 Å². The molecule has 2 aromatic rings. The minimum Gasteiger partial charge on any atom is -0.439 e. The lowest BCUT2D eigenvalue weighted by Crippen LogP contribution is -2.48. The molecule has 1 aliphatic heterocycles. The van der Waals surface area contributed by atoms with Gasteiger partial charge in [0.05, 0.1) is 5.56 Å². The third kappa shape index (κ3) is 8.65. The summed E-state index contributed by atoms with van der Waals surface area (Å²) in [5.41, 5.74) is 0.825. The van der Waals surface area contributed by atoms with Gasteiger partial charge in [0.25, 0.3) is 0 Å². The Balaban J connectivity index is 1.66. The molecule has 10 heteroatoms. The number of piperazine rings is 1. The monoisotopic (exact) mass is 529 g/mol. The SMILES string of the molecule is CC/C=C/N=C(/C=C(\C)N1CCN[C@H](C)C1)Oc1ccc(NC(=O)Nc2ccc(C)c(C(F)(F)F)c2)cc1. The molecule has 3 rings (SSSR count). The van der Waals surface area contributed by atoms with Crippen molar-refractivity contribution in [3.05, 3.63) is 77.6 Å². The molecule has 1 saturated heterocycles. The van der Waals surface area contributed by atoms with Crippen molar-refractivity contribution in [3.63, 3.8) is 0 Å². The zero-order chi connectivity index (χ0) is 27.7. The highest BCUT2D eigenvalue weighted by Gasteiger charge is 2.32. The van der Waals surface area contributed by atoms with Crippen LogP contribution in [0.25, 0.3) is 0 Å². The van der Waals surface area contributed by atoms with Crippen LogP contribution < -0.4 is 20.7 Å². The van der Waals surface area contributed by atoms with Crippen LogP contribution in [0.15, 0.2) is 71.5 Å². The van der Waals surface area contributed by atoms with E-state index in [1.165, 1.54) is 19.1 Å². The van der Waals surface area contributed by atoms with E-state index in [1.54, 1.807) is 30.5 Å².